The van der Waals surface area contributed by atoms with E-state index in [-0.39, 0.29) is 23.1 Å². The zero-order chi connectivity index (χ0) is 10.3. The molecule has 0 unspecified atom stereocenters. The van der Waals surface area contributed by atoms with Crippen molar-refractivity contribution >= 4 is 23.1 Å². The zero-order valence-electron chi connectivity index (χ0n) is 10.3. The molecule has 15 heavy (non-hydrogen) atoms. The van der Waals surface area contributed by atoms with Crippen LogP contribution in [-0.4, -0.2) is 23.1 Å². The van der Waals surface area contributed by atoms with Crippen LogP contribution in [0.15, 0.2) is 0 Å². The minimum Gasteiger partial charge on any atom is -0.0654 e. The fourth-order valence-corrected chi connectivity index (χ4v) is 3.03. The Morgan fingerprint density at radius 2 is 1.27 bits per heavy atom. The standard InChI is InChI=1S/C14H28.Mg.2H/c1-3-5-10-14(11-6-4-2)12-8-7-9-13-14;;;/h3-13H2,1-2H3;;;. The van der Waals surface area contributed by atoms with Gasteiger partial charge in [0.25, 0.3) is 0 Å². The van der Waals surface area contributed by atoms with Crippen molar-refractivity contribution in [2.24, 2.45) is 5.41 Å². The van der Waals surface area contributed by atoms with Crippen molar-refractivity contribution in [1.29, 1.82) is 0 Å². The lowest BCUT2D eigenvalue weighted by molar-refractivity contribution is 0.149. The molecule has 0 aromatic carbocycles. The summed E-state index contributed by atoms with van der Waals surface area (Å²) < 4.78 is 0. The van der Waals surface area contributed by atoms with Gasteiger partial charge >= 0.3 is 23.1 Å². The summed E-state index contributed by atoms with van der Waals surface area (Å²) in [5.41, 5.74) is 0.782. The highest BCUT2D eigenvalue weighted by molar-refractivity contribution is 5.75. The van der Waals surface area contributed by atoms with Gasteiger partial charge in [-0.05, 0) is 31.1 Å². The average molecular weight is 223 g/mol. The highest BCUT2D eigenvalue weighted by Crippen LogP contribution is 2.44. The van der Waals surface area contributed by atoms with E-state index in [2.05, 4.69) is 13.8 Å². The largest absolute Gasteiger partial charge is 0.316 e. The molecule has 0 radical (unpaired) electrons. The van der Waals surface area contributed by atoms with Gasteiger partial charge in [0.2, 0.25) is 0 Å². The summed E-state index contributed by atoms with van der Waals surface area (Å²) in [6, 6.07) is 0. The molecule has 0 aliphatic heterocycles. The number of unbranched alkanes of at least 4 members (excludes halogenated alkanes) is 2. The van der Waals surface area contributed by atoms with Gasteiger partial charge in [0.05, 0.1) is 0 Å². The Balaban J connectivity index is 0.00000196. The molecule has 1 saturated carbocycles. The summed E-state index contributed by atoms with van der Waals surface area (Å²) in [5.74, 6) is 0. The normalized spacial score (nSPS) is 19.6. The minimum absolute atomic E-state index is 0. The molecule has 0 saturated heterocycles. The lowest BCUT2D eigenvalue weighted by Crippen LogP contribution is -2.24. The average Bonchev–Trinajstić information content (AvgIpc) is 2.25. The van der Waals surface area contributed by atoms with E-state index in [0.29, 0.717) is 0 Å². The van der Waals surface area contributed by atoms with E-state index in [9.17, 15) is 0 Å². The maximum atomic E-state index is 2.33. The Bertz CT molecular complexity index is 126. The molecule has 88 valence electrons. The predicted molar refractivity (Wildman–Crippen MR) is 73.1 cm³/mol. The first-order valence-corrected chi connectivity index (χ1v) is 6.83. The second-order valence-corrected chi connectivity index (χ2v) is 5.27. The van der Waals surface area contributed by atoms with Crippen molar-refractivity contribution in [3.05, 3.63) is 0 Å². The van der Waals surface area contributed by atoms with Crippen LogP contribution in [0, 0.1) is 5.41 Å². The van der Waals surface area contributed by atoms with Gasteiger partial charge in [-0.2, -0.15) is 0 Å². The fourth-order valence-electron chi connectivity index (χ4n) is 3.03. The SMILES string of the molecule is CCCCC1(CCCC)CCCCC1.[MgH2]. The minimum atomic E-state index is 0. The fraction of sp³-hybridized carbons (Fsp3) is 1.00. The molecule has 0 amide bonds. The van der Waals surface area contributed by atoms with Crippen molar-refractivity contribution in [2.45, 2.75) is 84.5 Å². The van der Waals surface area contributed by atoms with Gasteiger partial charge < -0.3 is 0 Å². The molecule has 0 heterocycles. The summed E-state index contributed by atoms with van der Waals surface area (Å²) in [4.78, 5) is 0. The van der Waals surface area contributed by atoms with Crippen LogP contribution in [-0.2, 0) is 0 Å². The van der Waals surface area contributed by atoms with Crippen molar-refractivity contribution in [1.82, 2.24) is 0 Å². The Kier molecular flexibility index (Phi) is 9.32. The highest BCUT2D eigenvalue weighted by Gasteiger charge is 2.30. The molecule has 0 nitrogen and oxygen atoms in total. The third-order valence-corrected chi connectivity index (χ3v) is 4.04. The topological polar surface area (TPSA) is 0 Å². The number of hydrogen-bond acceptors (Lipinski definition) is 0. The van der Waals surface area contributed by atoms with Crippen molar-refractivity contribution in [3.8, 4) is 0 Å². The van der Waals surface area contributed by atoms with Gasteiger partial charge in [-0.3, -0.25) is 0 Å². The van der Waals surface area contributed by atoms with Crippen LogP contribution in [0.5, 0.6) is 0 Å². The van der Waals surface area contributed by atoms with Crippen LogP contribution < -0.4 is 0 Å². The summed E-state index contributed by atoms with van der Waals surface area (Å²) in [6.45, 7) is 4.66. The molecule has 0 spiro atoms. The molecule has 0 atom stereocenters. The highest BCUT2D eigenvalue weighted by atomic mass is 24.3. The van der Waals surface area contributed by atoms with Gasteiger partial charge in [0, 0.05) is 0 Å². The molecule has 1 aliphatic carbocycles. The van der Waals surface area contributed by atoms with E-state index in [0.717, 1.165) is 5.41 Å². The first kappa shape index (κ1) is 15.8. The van der Waals surface area contributed by atoms with Crippen LogP contribution in [0.1, 0.15) is 84.5 Å². The number of rotatable bonds is 6. The van der Waals surface area contributed by atoms with Gasteiger partial charge in [0.15, 0.2) is 0 Å². The lowest BCUT2D eigenvalue weighted by Gasteiger charge is -2.37. The molecule has 1 rings (SSSR count). The first-order chi connectivity index (χ1) is 6.83. The third kappa shape index (κ3) is 5.58. The molecule has 0 bridgehead atoms. The molecule has 0 aromatic rings. The molecule has 0 N–H and O–H groups in total. The van der Waals surface area contributed by atoms with Crippen molar-refractivity contribution < 1.29 is 0 Å². The molecular weight excluding hydrogens is 192 g/mol. The van der Waals surface area contributed by atoms with E-state index in [1.165, 1.54) is 70.6 Å². The van der Waals surface area contributed by atoms with E-state index < -0.39 is 0 Å². The Hall–Kier alpha value is 0.766. The van der Waals surface area contributed by atoms with Gasteiger partial charge in [-0.15, -0.1) is 0 Å². The molecular formula is C14H30Mg. The van der Waals surface area contributed by atoms with Crippen LogP contribution in [0.4, 0.5) is 0 Å². The predicted octanol–water partition coefficient (Wildman–Crippen LogP) is 4.40. The van der Waals surface area contributed by atoms with Crippen molar-refractivity contribution in [2.75, 3.05) is 0 Å². The number of hydrogen-bond donors (Lipinski definition) is 0. The van der Waals surface area contributed by atoms with E-state index in [1.54, 1.807) is 0 Å². The first-order valence-electron chi connectivity index (χ1n) is 6.83. The maximum absolute atomic E-state index is 2.33. The zero-order valence-corrected chi connectivity index (χ0v) is 10.3. The van der Waals surface area contributed by atoms with Gasteiger partial charge in [-0.25, -0.2) is 0 Å². The van der Waals surface area contributed by atoms with E-state index in [4.69, 9.17) is 0 Å². The smallest absolute Gasteiger partial charge is 0.0654 e. The second-order valence-electron chi connectivity index (χ2n) is 5.27. The van der Waals surface area contributed by atoms with E-state index in [1.807, 2.05) is 0 Å². The Morgan fingerprint density at radius 1 is 0.800 bits per heavy atom. The maximum Gasteiger partial charge on any atom is 0.316 e. The second kappa shape index (κ2) is 8.87. The third-order valence-electron chi connectivity index (χ3n) is 4.04. The van der Waals surface area contributed by atoms with Crippen LogP contribution >= 0.6 is 0 Å². The Morgan fingerprint density at radius 3 is 1.67 bits per heavy atom. The van der Waals surface area contributed by atoms with Crippen molar-refractivity contribution in [3.63, 3.8) is 0 Å². The monoisotopic (exact) mass is 222 g/mol. The molecule has 1 heteroatoms. The Labute approximate surface area is 113 Å². The molecule has 1 aliphatic rings. The summed E-state index contributed by atoms with van der Waals surface area (Å²) >= 11 is 0. The van der Waals surface area contributed by atoms with Crippen LogP contribution in [0.25, 0.3) is 0 Å². The summed E-state index contributed by atoms with van der Waals surface area (Å²) in [6.07, 6.45) is 16.3. The summed E-state index contributed by atoms with van der Waals surface area (Å²) in [5, 5.41) is 0. The molecule has 0 aromatic heterocycles. The van der Waals surface area contributed by atoms with Gasteiger partial charge in [0.1, 0.15) is 0 Å². The molecule has 1 fully saturated rings. The summed E-state index contributed by atoms with van der Waals surface area (Å²) in [7, 11) is 0. The quantitative estimate of drug-likeness (QED) is 0.585. The van der Waals surface area contributed by atoms with Gasteiger partial charge in [-0.1, -0.05) is 58.8 Å². The lowest BCUT2D eigenvalue weighted by atomic mass is 9.68. The van der Waals surface area contributed by atoms with Crippen LogP contribution in [0.3, 0.4) is 0 Å². The van der Waals surface area contributed by atoms with Crippen LogP contribution in [0.2, 0.25) is 0 Å². The van der Waals surface area contributed by atoms with E-state index >= 15 is 0 Å².